The zero-order valence-corrected chi connectivity index (χ0v) is 12.4. The quantitative estimate of drug-likeness (QED) is 0.937. The smallest absolute Gasteiger partial charge is 0.136 e. The number of nitrogens with zero attached hydrogens (tertiary/aromatic N) is 2. The molecule has 2 aromatic heterocycles. The minimum atomic E-state index is 0.593. The molecule has 1 aliphatic rings. The fourth-order valence-corrected chi connectivity index (χ4v) is 2.81. The number of halogens is 1. The van der Waals surface area contributed by atoms with Crippen molar-refractivity contribution in [3.8, 4) is 0 Å². The molecule has 0 atom stereocenters. The molecule has 0 saturated carbocycles. The van der Waals surface area contributed by atoms with Crippen molar-refractivity contribution in [3.05, 3.63) is 39.8 Å². The van der Waals surface area contributed by atoms with Gasteiger partial charge in [0.2, 0.25) is 0 Å². The molecular formula is C13H16BrN3O2. The van der Waals surface area contributed by atoms with E-state index in [4.69, 9.17) is 9.15 Å². The molecule has 6 heteroatoms. The molecule has 5 nitrogen and oxygen atoms in total. The lowest BCUT2D eigenvalue weighted by atomic mass is 10.3. The summed E-state index contributed by atoms with van der Waals surface area (Å²) in [5.41, 5.74) is 2.35. The Bertz CT molecular complexity index is 576. The van der Waals surface area contributed by atoms with Crippen LogP contribution in [0.2, 0.25) is 0 Å². The summed E-state index contributed by atoms with van der Waals surface area (Å²) in [6, 6.07) is 1.98. The van der Waals surface area contributed by atoms with Gasteiger partial charge in [-0.1, -0.05) is 0 Å². The highest BCUT2D eigenvalue weighted by molar-refractivity contribution is 9.10. The van der Waals surface area contributed by atoms with Gasteiger partial charge in [0.05, 0.1) is 25.1 Å². The first kappa shape index (κ1) is 12.9. The van der Waals surface area contributed by atoms with Crippen LogP contribution >= 0.6 is 15.9 Å². The maximum absolute atomic E-state index is 5.41. The first-order valence-corrected chi connectivity index (χ1v) is 7.10. The molecule has 1 N–H and O–H groups in total. The van der Waals surface area contributed by atoms with Crippen molar-refractivity contribution < 1.29 is 9.15 Å². The summed E-state index contributed by atoms with van der Waals surface area (Å²) in [7, 11) is 0. The molecule has 0 unspecified atom stereocenters. The maximum Gasteiger partial charge on any atom is 0.136 e. The molecule has 2 aromatic rings. The molecule has 0 bridgehead atoms. The van der Waals surface area contributed by atoms with Gasteiger partial charge < -0.3 is 19.0 Å². The number of hydrogen-bond donors (Lipinski definition) is 1. The van der Waals surface area contributed by atoms with E-state index in [1.165, 1.54) is 11.3 Å². The van der Waals surface area contributed by atoms with E-state index in [1.807, 2.05) is 6.07 Å². The molecular weight excluding hydrogens is 310 g/mol. The summed E-state index contributed by atoms with van der Waals surface area (Å²) < 4.78 is 13.9. The number of fused-ring (bicyclic) bond motifs is 1. The summed E-state index contributed by atoms with van der Waals surface area (Å²) in [4.78, 5) is 4.48. The van der Waals surface area contributed by atoms with Gasteiger partial charge in [-0.2, -0.15) is 0 Å². The predicted molar refractivity (Wildman–Crippen MR) is 73.6 cm³/mol. The van der Waals surface area contributed by atoms with Gasteiger partial charge in [0.25, 0.3) is 0 Å². The number of furan rings is 1. The summed E-state index contributed by atoms with van der Waals surface area (Å²) in [5, 5.41) is 3.40. The minimum absolute atomic E-state index is 0.593. The molecule has 3 rings (SSSR count). The number of hydrogen-bond acceptors (Lipinski definition) is 4. The monoisotopic (exact) mass is 325 g/mol. The molecule has 0 radical (unpaired) electrons. The van der Waals surface area contributed by atoms with Gasteiger partial charge in [0.1, 0.15) is 22.8 Å². The van der Waals surface area contributed by atoms with Gasteiger partial charge in [-0.3, -0.25) is 0 Å². The lowest BCUT2D eigenvalue weighted by Crippen LogP contribution is -2.22. The van der Waals surface area contributed by atoms with Crippen LogP contribution in [0.5, 0.6) is 0 Å². The number of ether oxygens (including phenoxy) is 1. The minimum Gasteiger partial charge on any atom is -0.468 e. The number of rotatable bonds is 4. The largest absolute Gasteiger partial charge is 0.468 e. The Morgan fingerprint density at radius 2 is 2.37 bits per heavy atom. The first-order chi connectivity index (χ1) is 9.25. The average Bonchev–Trinajstić information content (AvgIpc) is 2.94. The van der Waals surface area contributed by atoms with Gasteiger partial charge in [0, 0.05) is 13.1 Å². The Hall–Kier alpha value is -1.11. The highest BCUT2D eigenvalue weighted by Gasteiger charge is 2.18. The van der Waals surface area contributed by atoms with Crippen LogP contribution in [-0.2, 0) is 31.0 Å². The Balaban J connectivity index is 1.67. The second-order valence-corrected chi connectivity index (χ2v) is 5.35. The van der Waals surface area contributed by atoms with Crippen molar-refractivity contribution in [1.82, 2.24) is 14.9 Å². The summed E-state index contributed by atoms with van der Waals surface area (Å²) >= 11 is 3.52. The molecule has 0 saturated heterocycles. The Morgan fingerprint density at radius 3 is 3.16 bits per heavy atom. The third kappa shape index (κ3) is 2.61. The summed E-state index contributed by atoms with van der Waals surface area (Å²) in [6.45, 7) is 5.74. The van der Waals surface area contributed by atoms with Crippen molar-refractivity contribution >= 4 is 15.9 Å². The van der Waals surface area contributed by atoms with Crippen LogP contribution < -0.4 is 5.32 Å². The van der Waals surface area contributed by atoms with Crippen LogP contribution in [0.1, 0.15) is 22.8 Å². The van der Waals surface area contributed by atoms with Crippen LogP contribution in [-0.4, -0.2) is 16.2 Å². The van der Waals surface area contributed by atoms with E-state index in [9.17, 15) is 0 Å². The normalized spacial score (nSPS) is 14.6. The maximum atomic E-state index is 5.41. The Morgan fingerprint density at radius 1 is 1.47 bits per heavy atom. The number of nitrogens with one attached hydrogen (secondary N) is 1. The fourth-order valence-electron chi connectivity index (χ4n) is 2.25. The highest BCUT2D eigenvalue weighted by atomic mass is 79.9. The third-order valence-electron chi connectivity index (χ3n) is 3.34. The zero-order chi connectivity index (χ0) is 13.2. The van der Waals surface area contributed by atoms with Gasteiger partial charge in [-0.15, -0.1) is 0 Å². The van der Waals surface area contributed by atoms with Gasteiger partial charge >= 0.3 is 0 Å². The van der Waals surface area contributed by atoms with Crippen LogP contribution in [0.3, 0.4) is 0 Å². The molecule has 102 valence electrons. The molecule has 0 fully saturated rings. The van der Waals surface area contributed by atoms with Crippen LogP contribution in [0, 0.1) is 6.92 Å². The highest BCUT2D eigenvalue weighted by Crippen LogP contribution is 2.21. The van der Waals surface area contributed by atoms with E-state index < -0.39 is 0 Å². The van der Waals surface area contributed by atoms with E-state index >= 15 is 0 Å². The van der Waals surface area contributed by atoms with E-state index in [-0.39, 0.29) is 0 Å². The van der Waals surface area contributed by atoms with Crippen molar-refractivity contribution in [2.24, 2.45) is 0 Å². The van der Waals surface area contributed by atoms with Crippen LogP contribution in [0.15, 0.2) is 21.3 Å². The Kier molecular flexibility index (Phi) is 3.72. The average molecular weight is 326 g/mol. The SMILES string of the molecule is Cc1ccoc1CNCc1c(Br)nc2n1CCOC2. The zero-order valence-electron chi connectivity index (χ0n) is 10.8. The first-order valence-electron chi connectivity index (χ1n) is 6.31. The lowest BCUT2D eigenvalue weighted by molar-refractivity contribution is 0.0805. The van der Waals surface area contributed by atoms with E-state index in [1.54, 1.807) is 6.26 Å². The number of aryl methyl sites for hydroxylation is 1. The molecule has 0 aliphatic carbocycles. The summed E-state index contributed by atoms with van der Waals surface area (Å²) in [5.74, 6) is 1.97. The van der Waals surface area contributed by atoms with E-state index in [2.05, 4.69) is 37.7 Å². The summed E-state index contributed by atoms with van der Waals surface area (Å²) in [6.07, 6.45) is 1.72. The predicted octanol–water partition coefficient (Wildman–Crippen LogP) is 2.37. The molecule has 1 aliphatic heterocycles. The second-order valence-electron chi connectivity index (χ2n) is 4.60. The van der Waals surface area contributed by atoms with Crippen molar-refractivity contribution in [3.63, 3.8) is 0 Å². The standard InChI is InChI=1S/C13H16BrN3O2/c1-9-2-4-19-11(9)7-15-6-10-13(14)16-12-8-18-5-3-17(10)12/h2,4,15H,3,5-8H2,1H3. The van der Waals surface area contributed by atoms with Crippen molar-refractivity contribution in [2.45, 2.75) is 33.2 Å². The topological polar surface area (TPSA) is 52.2 Å². The molecule has 0 spiro atoms. The van der Waals surface area contributed by atoms with Crippen LogP contribution in [0.25, 0.3) is 0 Å². The van der Waals surface area contributed by atoms with Crippen molar-refractivity contribution in [2.75, 3.05) is 6.61 Å². The molecule has 0 aromatic carbocycles. The third-order valence-corrected chi connectivity index (χ3v) is 3.97. The number of aromatic nitrogens is 2. The number of imidazole rings is 1. The van der Waals surface area contributed by atoms with Gasteiger partial charge in [-0.05, 0) is 34.5 Å². The van der Waals surface area contributed by atoms with Gasteiger partial charge in [0.15, 0.2) is 0 Å². The molecule has 3 heterocycles. The molecule has 0 amide bonds. The Labute approximate surface area is 120 Å². The van der Waals surface area contributed by atoms with Gasteiger partial charge in [-0.25, -0.2) is 4.98 Å². The fraction of sp³-hybridized carbons (Fsp3) is 0.462. The van der Waals surface area contributed by atoms with E-state index in [0.29, 0.717) is 6.61 Å². The molecule has 19 heavy (non-hydrogen) atoms. The van der Waals surface area contributed by atoms with E-state index in [0.717, 1.165) is 42.4 Å². The van der Waals surface area contributed by atoms with Crippen molar-refractivity contribution in [1.29, 1.82) is 0 Å². The lowest BCUT2D eigenvalue weighted by Gasteiger charge is -2.17. The second kappa shape index (κ2) is 5.48. The van der Waals surface area contributed by atoms with Crippen LogP contribution in [0.4, 0.5) is 0 Å².